The van der Waals surface area contributed by atoms with Crippen LogP contribution >= 0.6 is 0 Å². The van der Waals surface area contributed by atoms with Crippen molar-refractivity contribution in [2.75, 3.05) is 18.4 Å². The molecule has 1 aliphatic heterocycles. The summed E-state index contributed by atoms with van der Waals surface area (Å²) < 4.78 is 13.8. The number of amides is 1. The number of para-hydroxylation sites is 1. The number of hydrogen-bond acceptors (Lipinski definition) is 4. The quantitative estimate of drug-likeness (QED) is 0.811. The highest BCUT2D eigenvalue weighted by Gasteiger charge is 2.19. The van der Waals surface area contributed by atoms with Gasteiger partial charge in [-0.2, -0.15) is 0 Å². The fourth-order valence-corrected chi connectivity index (χ4v) is 2.62. The lowest BCUT2D eigenvalue weighted by Gasteiger charge is -2.24. The highest BCUT2D eigenvalue weighted by molar-refractivity contribution is 5.99. The Balaban J connectivity index is 1.77. The number of aromatic nitrogens is 1. The average molecular weight is 314 g/mol. The molecular formula is C17H19FN4O. The van der Waals surface area contributed by atoms with Gasteiger partial charge in [-0.1, -0.05) is 12.1 Å². The standard InChI is InChI=1S/C17H19FN4O/c18-14-7-1-2-8-15(14)22-16-13(6-4-10-20-16)17(23)21-12-5-3-9-19-11-12/h1-2,4,6-8,10,12,19H,3,5,9,11H2,(H,20,22)(H,21,23). The van der Waals surface area contributed by atoms with Crippen molar-refractivity contribution in [1.29, 1.82) is 0 Å². The molecule has 1 fully saturated rings. The van der Waals surface area contributed by atoms with Crippen molar-refractivity contribution in [2.45, 2.75) is 18.9 Å². The molecular weight excluding hydrogens is 295 g/mol. The molecule has 1 amide bonds. The lowest BCUT2D eigenvalue weighted by molar-refractivity contribution is 0.0931. The minimum atomic E-state index is -0.388. The van der Waals surface area contributed by atoms with Gasteiger partial charge in [0, 0.05) is 18.8 Å². The first-order chi connectivity index (χ1) is 11.2. The van der Waals surface area contributed by atoms with Gasteiger partial charge in [0.25, 0.3) is 5.91 Å². The predicted octanol–water partition coefficient (Wildman–Crippen LogP) is 2.45. The molecule has 3 N–H and O–H groups in total. The van der Waals surface area contributed by atoms with E-state index in [1.807, 2.05) is 0 Å². The Morgan fingerprint density at radius 2 is 2.13 bits per heavy atom. The normalized spacial score (nSPS) is 17.5. The molecule has 0 radical (unpaired) electrons. The van der Waals surface area contributed by atoms with Gasteiger partial charge >= 0.3 is 0 Å². The van der Waals surface area contributed by atoms with Crippen LogP contribution in [0.25, 0.3) is 0 Å². The first-order valence-corrected chi connectivity index (χ1v) is 7.72. The van der Waals surface area contributed by atoms with Crippen molar-refractivity contribution in [3.63, 3.8) is 0 Å². The van der Waals surface area contributed by atoms with Gasteiger partial charge in [-0.25, -0.2) is 9.37 Å². The fraction of sp³-hybridized carbons (Fsp3) is 0.294. The summed E-state index contributed by atoms with van der Waals surface area (Å²) in [6.07, 6.45) is 3.56. The second kappa shape index (κ2) is 7.19. The van der Waals surface area contributed by atoms with Crippen molar-refractivity contribution in [3.8, 4) is 0 Å². The van der Waals surface area contributed by atoms with Crippen LogP contribution in [0, 0.1) is 5.82 Å². The van der Waals surface area contributed by atoms with E-state index in [0.29, 0.717) is 17.1 Å². The maximum Gasteiger partial charge on any atom is 0.255 e. The van der Waals surface area contributed by atoms with Crippen LogP contribution < -0.4 is 16.0 Å². The van der Waals surface area contributed by atoms with Crippen LogP contribution in [0.4, 0.5) is 15.9 Å². The maximum atomic E-state index is 13.8. The van der Waals surface area contributed by atoms with E-state index in [1.165, 1.54) is 6.07 Å². The molecule has 0 spiro atoms. The van der Waals surface area contributed by atoms with Gasteiger partial charge in [0.1, 0.15) is 11.6 Å². The predicted molar refractivity (Wildman–Crippen MR) is 87.3 cm³/mol. The number of benzene rings is 1. The van der Waals surface area contributed by atoms with Crippen LogP contribution in [0.3, 0.4) is 0 Å². The Kier molecular flexibility index (Phi) is 4.83. The number of halogens is 1. The number of rotatable bonds is 4. The molecule has 1 aromatic heterocycles. The highest BCUT2D eigenvalue weighted by Crippen LogP contribution is 2.21. The minimum Gasteiger partial charge on any atom is -0.348 e. The largest absolute Gasteiger partial charge is 0.348 e. The fourth-order valence-electron chi connectivity index (χ4n) is 2.62. The third-order valence-electron chi connectivity index (χ3n) is 3.81. The number of nitrogens with zero attached hydrogens (tertiary/aromatic N) is 1. The average Bonchev–Trinajstić information content (AvgIpc) is 2.58. The van der Waals surface area contributed by atoms with Crippen LogP contribution in [0.15, 0.2) is 42.6 Å². The summed E-state index contributed by atoms with van der Waals surface area (Å²) in [5, 5.41) is 9.16. The van der Waals surface area contributed by atoms with E-state index >= 15 is 0 Å². The number of nitrogens with one attached hydrogen (secondary N) is 3. The van der Waals surface area contributed by atoms with E-state index in [9.17, 15) is 9.18 Å². The van der Waals surface area contributed by atoms with E-state index in [2.05, 4.69) is 20.9 Å². The van der Waals surface area contributed by atoms with Crippen LogP contribution in [0.5, 0.6) is 0 Å². The number of anilines is 2. The molecule has 5 nitrogen and oxygen atoms in total. The van der Waals surface area contributed by atoms with Crippen molar-refractivity contribution >= 4 is 17.4 Å². The second-order valence-corrected chi connectivity index (χ2v) is 5.52. The number of hydrogen-bond donors (Lipinski definition) is 3. The Bertz CT molecular complexity index is 686. The SMILES string of the molecule is O=C(NC1CCCNC1)c1cccnc1Nc1ccccc1F. The van der Waals surface area contributed by atoms with Gasteiger partial charge in [0.05, 0.1) is 11.3 Å². The van der Waals surface area contributed by atoms with Crippen LogP contribution in [0.1, 0.15) is 23.2 Å². The zero-order valence-corrected chi connectivity index (χ0v) is 12.7. The molecule has 1 aromatic carbocycles. The van der Waals surface area contributed by atoms with Crippen molar-refractivity contribution in [2.24, 2.45) is 0 Å². The number of piperidine rings is 1. The third kappa shape index (κ3) is 3.84. The molecule has 1 atom stereocenters. The van der Waals surface area contributed by atoms with Crippen LogP contribution in [-0.2, 0) is 0 Å². The Morgan fingerprint density at radius 1 is 1.26 bits per heavy atom. The summed E-state index contributed by atoms with van der Waals surface area (Å²) in [6, 6.07) is 9.79. The van der Waals surface area contributed by atoms with E-state index in [0.717, 1.165) is 25.9 Å². The van der Waals surface area contributed by atoms with Gasteiger partial charge in [-0.15, -0.1) is 0 Å². The molecule has 3 rings (SSSR count). The van der Waals surface area contributed by atoms with Crippen LogP contribution in [0.2, 0.25) is 0 Å². The zero-order valence-electron chi connectivity index (χ0n) is 12.7. The second-order valence-electron chi connectivity index (χ2n) is 5.52. The maximum absolute atomic E-state index is 13.8. The topological polar surface area (TPSA) is 66.0 Å². The molecule has 2 aromatic rings. The molecule has 1 saturated heterocycles. The summed E-state index contributed by atoms with van der Waals surface area (Å²) in [5.74, 6) is -0.245. The molecule has 23 heavy (non-hydrogen) atoms. The van der Waals surface area contributed by atoms with Gasteiger partial charge in [-0.3, -0.25) is 4.79 Å². The molecule has 0 bridgehead atoms. The summed E-state index contributed by atoms with van der Waals surface area (Å²) in [7, 11) is 0. The highest BCUT2D eigenvalue weighted by atomic mass is 19.1. The van der Waals surface area contributed by atoms with Gasteiger partial charge in [-0.05, 0) is 43.7 Å². The molecule has 1 unspecified atom stereocenters. The summed E-state index contributed by atoms with van der Waals surface area (Å²) in [4.78, 5) is 16.7. The number of carbonyl (C=O) groups is 1. The molecule has 0 saturated carbocycles. The third-order valence-corrected chi connectivity index (χ3v) is 3.81. The van der Waals surface area contributed by atoms with Crippen molar-refractivity contribution < 1.29 is 9.18 Å². The molecule has 1 aliphatic rings. The summed E-state index contributed by atoms with van der Waals surface area (Å²) in [5.41, 5.74) is 0.695. The van der Waals surface area contributed by atoms with E-state index < -0.39 is 0 Å². The van der Waals surface area contributed by atoms with E-state index in [1.54, 1.807) is 36.5 Å². The van der Waals surface area contributed by atoms with Crippen LogP contribution in [-0.4, -0.2) is 30.0 Å². The van der Waals surface area contributed by atoms with E-state index in [4.69, 9.17) is 0 Å². The molecule has 6 heteroatoms. The monoisotopic (exact) mass is 314 g/mol. The Labute approximate surface area is 134 Å². The molecule has 0 aliphatic carbocycles. The van der Waals surface area contributed by atoms with E-state index in [-0.39, 0.29) is 17.8 Å². The lowest BCUT2D eigenvalue weighted by Crippen LogP contribution is -2.45. The Hall–Kier alpha value is -2.47. The van der Waals surface area contributed by atoms with Gasteiger partial charge < -0.3 is 16.0 Å². The number of carbonyl (C=O) groups excluding carboxylic acids is 1. The lowest BCUT2D eigenvalue weighted by atomic mass is 10.1. The van der Waals surface area contributed by atoms with Gasteiger partial charge in [0.2, 0.25) is 0 Å². The van der Waals surface area contributed by atoms with Gasteiger partial charge in [0.15, 0.2) is 0 Å². The van der Waals surface area contributed by atoms with Crippen molar-refractivity contribution in [3.05, 3.63) is 54.0 Å². The summed E-state index contributed by atoms with van der Waals surface area (Å²) >= 11 is 0. The molecule has 120 valence electrons. The minimum absolute atomic E-state index is 0.109. The molecule has 2 heterocycles. The first-order valence-electron chi connectivity index (χ1n) is 7.72. The first kappa shape index (κ1) is 15.4. The van der Waals surface area contributed by atoms with Crippen molar-refractivity contribution in [1.82, 2.24) is 15.6 Å². The number of pyridine rings is 1. The smallest absolute Gasteiger partial charge is 0.255 e. The zero-order chi connectivity index (χ0) is 16.1. The summed E-state index contributed by atoms with van der Waals surface area (Å²) in [6.45, 7) is 1.75. The Morgan fingerprint density at radius 3 is 2.91 bits per heavy atom.